The van der Waals surface area contributed by atoms with E-state index in [1.165, 1.54) is 11.6 Å². The number of phenolic OH excluding ortho intramolecular Hbond substituents is 2. The number of nitrogens with zero attached hydrogens (tertiary/aromatic N) is 1. The van der Waals surface area contributed by atoms with Crippen LogP contribution >= 0.6 is 0 Å². The first-order valence-electron chi connectivity index (χ1n) is 7.46. The van der Waals surface area contributed by atoms with Crippen LogP contribution in [0.1, 0.15) is 11.1 Å². The normalized spacial score (nSPS) is 12.9. The van der Waals surface area contributed by atoms with Crippen molar-refractivity contribution >= 4 is 0 Å². The molecule has 0 aliphatic carbocycles. The SMILES string of the molecule is Cc1cc(-c2[nH]ncc2-c2ccc3c(c2)CCO3)c(O)cc1O. The van der Waals surface area contributed by atoms with E-state index in [9.17, 15) is 10.2 Å². The molecule has 0 saturated carbocycles. The number of fused-ring (bicyclic) bond motifs is 1. The minimum atomic E-state index is 0.0168. The van der Waals surface area contributed by atoms with Crippen molar-refractivity contribution < 1.29 is 14.9 Å². The van der Waals surface area contributed by atoms with Gasteiger partial charge in [0.05, 0.1) is 18.5 Å². The molecule has 116 valence electrons. The lowest BCUT2D eigenvalue weighted by Gasteiger charge is -2.09. The number of ether oxygens (including phenoxy) is 1. The molecule has 0 atom stereocenters. The number of nitrogens with one attached hydrogen (secondary N) is 1. The number of rotatable bonds is 2. The van der Waals surface area contributed by atoms with Gasteiger partial charge in [-0.3, -0.25) is 5.10 Å². The Hall–Kier alpha value is -2.95. The molecule has 1 aromatic heterocycles. The Morgan fingerprint density at radius 3 is 2.83 bits per heavy atom. The van der Waals surface area contributed by atoms with Crippen LogP contribution in [-0.4, -0.2) is 27.0 Å². The Labute approximate surface area is 133 Å². The molecule has 0 bridgehead atoms. The van der Waals surface area contributed by atoms with Crippen LogP contribution in [0.5, 0.6) is 17.2 Å². The zero-order chi connectivity index (χ0) is 16.0. The molecular weight excluding hydrogens is 292 g/mol. The summed E-state index contributed by atoms with van der Waals surface area (Å²) in [7, 11) is 0. The molecule has 5 heteroatoms. The van der Waals surface area contributed by atoms with E-state index in [4.69, 9.17) is 4.74 Å². The van der Waals surface area contributed by atoms with Gasteiger partial charge < -0.3 is 14.9 Å². The summed E-state index contributed by atoms with van der Waals surface area (Å²) in [5, 5.41) is 27.0. The number of aromatic nitrogens is 2. The minimum absolute atomic E-state index is 0.0168. The second-order valence-corrected chi connectivity index (χ2v) is 5.74. The fraction of sp³-hybridized carbons (Fsp3) is 0.167. The number of H-pyrrole nitrogens is 1. The molecule has 2 aromatic carbocycles. The molecule has 3 N–H and O–H groups in total. The molecule has 0 unspecified atom stereocenters. The highest BCUT2D eigenvalue weighted by Gasteiger charge is 2.18. The van der Waals surface area contributed by atoms with Crippen molar-refractivity contribution in [2.45, 2.75) is 13.3 Å². The van der Waals surface area contributed by atoms with Gasteiger partial charge in [0, 0.05) is 23.6 Å². The van der Waals surface area contributed by atoms with Gasteiger partial charge in [-0.2, -0.15) is 5.10 Å². The Bertz CT molecular complexity index is 899. The predicted octanol–water partition coefficient (Wildman–Crippen LogP) is 3.40. The molecule has 5 nitrogen and oxygen atoms in total. The first kappa shape index (κ1) is 13.7. The van der Waals surface area contributed by atoms with Gasteiger partial charge in [-0.15, -0.1) is 0 Å². The van der Waals surface area contributed by atoms with Crippen LogP contribution in [0.4, 0.5) is 0 Å². The first-order valence-corrected chi connectivity index (χ1v) is 7.46. The van der Waals surface area contributed by atoms with Crippen molar-refractivity contribution in [1.29, 1.82) is 0 Å². The van der Waals surface area contributed by atoms with Crippen LogP contribution in [-0.2, 0) is 6.42 Å². The van der Waals surface area contributed by atoms with Gasteiger partial charge in [0.25, 0.3) is 0 Å². The lowest BCUT2D eigenvalue weighted by molar-refractivity contribution is 0.357. The number of aryl methyl sites for hydroxylation is 1. The van der Waals surface area contributed by atoms with Crippen LogP contribution in [0.2, 0.25) is 0 Å². The van der Waals surface area contributed by atoms with Crippen molar-refractivity contribution in [1.82, 2.24) is 10.2 Å². The second kappa shape index (κ2) is 5.05. The lowest BCUT2D eigenvalue weighted by atomic mass is 9.98. The number of hydrogen-bond acceptors (Lipinski definition) is 4. The summed E-state index contributed by atoms with van der Waals surface area (Å²) < 4.78 is 5.54. The van der Waals surface area contributed by atoms with Crippen LogP contribution in [0, 0.1) is 6.92 Å². The highest BCUT2D eigenvalue weighted by molar-refractivity contribution is 5.84. The second-order valence-electron chi connectivity index (χ2n) is 5.74. The van der Waals surface area contributed by atoms with Crippen LogP contribution in [0.3, 0.4) is 0 Å². The molecule has 0 radical (unpaired) electrons. The van der Waals surface area contributed by atoms with Crippen molar-refractivity contribution in [2.24, 2.45) is 0 Å². The molecule has 0 spiro atoms. The van der Waals surface area contributed by atoms with Crippen LogP contribution in [0.25, 0.3) is 22.4 Å². The fourth-order valence-corrected chi connectivity index (χ4v) is 2.95. The van der Waals surface area contributed by atoms with E-state index in [-0.39, 0.29) is 11.5 Å². The van der Waals surface area contributed by atoms with Crippen molar-refractivity contribution in [3.05, 3.63) is 47.7 Å². The first-order chi connectivity index (χ1) is 11.1. The van der Waals surface area contributed by atoms with Gasteiger partial charge in [0.15, 0.2) is 0 Å². The molecule has 1 aliphatic heterocycles. The zero-order valence-electron chi connectivity index (χ0n) is 12.6. The van der Waals surface area contributed by atoms with E-state index < -0.39 is 0 Å². The summed E-state index contributed by atoms with van der Waals surface area (Å²) in [6, 6.07) is 9.16. The predicted molar refractivity (Wildman–Crippen MR) is 86.7 cm³/mol. The number of aromatic amines is 1. The summed E-state index contributed by atoms with van der Waals surface area (Å²) in [6.07, 6.45) is 2.65. The number of phenols is 2. The largest absolute Gasteiger partial charge is 0.508 e. The lowest BCUT2D eigenvalue weighted by Crippen LogP contribution is -1.87. The van der Waals surface area contributed by atoms with E-state index in [0.29, 0.717) is 11.1 Å². The number of aromatic hydroxyl groups is 2. The van der Waals surface area contributed by atoms with E-state index in [2.05, 4.69) is 16.3 Å². The quantitative estimate of drug-likeness (QED) is 0.678. The smallest absolute Gasteiger partial charge is 0.128 e. The average Bonchev–Trinajstić information content (AvgIpc) is 3.18. The third-order valence-electron chi connectivity index (χ3n) is 4.22. The highest BCUT2D eigenvalue weighted by Crippen LogP contribution is 2.39. The van der Waals surface area contributed by atoms with E-state index in [1.807, 2.05) is 12.1 Å². The van der Waals surface area contributed by atoms with Gasteiger partial charge in [-0.1, -0.05) is 6.07 Å². The summed E-state index contributed by atoms with van der Waals surface area (Å²) in [4.78, 5) is 0. The summed E-state index contributed by atoms with van der Waals surface area (Å²) in [5.41, 5.74) is 5.14. The maximum Gasteiger partial charge on any atom is 0.128 e. The van der Waals surface area contributed by atoms with E-state index in [0.717, 1.165) is 35.6 Å². The van der Waals surface area contributed by atoms with Gasteiger partial charge in [-0.05, 0) is 41.8 Å². The molecule has 0 amide bonds. The monoisotopic (exact) mass is 308 g/mol. The maximum atomic E-state index is 10.2. The molecule has 0 saturated heterocycles. The molecule has 4 rings (SSSR count). The zero-order valence-corrected chi connectivity index (χ0v) is 12.6. The van der Waals surface area contributed by atoms with Gasteiger partial charge in [0.2, 0.25) is 0 Å². The third-order valence-corrected chi connectivity index (χ3v) is 4.22. The summed E-state index contributed by atoms with van der Waals surface area (Å²) in [5.74, 6) is 1.02. The molecule has 0 fully saturated rings. The van der Waals surface area contributed by atoms with E-state index >= 15 is 0 Å². The number of benzene rings is 2. The fourth-order valence-electron chi connectivity index (χ4n) is 2.95. The molecular formula is C18H16N2O3. The average molecular weight is 308 g/mol. The Morgan fingerprint density at radius 2 is 1.96 bits per heavy atom. The van der Waals surface area contributed by atoms with Gasteiger partial charge >= 0.3 is 0 Å². The maximum absolute atomic E-state index is 10.2. The Balaban J connectivity index is 1.85. The summed E-state index contributed by atoms with van der Waals surface area (Å²) in [6.45, 7) is 2.51. The van der Waals surface area contributed by atoms with Crippen molar-refractivity contribution in [3.8, 4) is 39.6 Å². The molecule has 1 aliphatic rings. The molecule has 3 aromatic rings. The van der Waals surface area contributed by atoms with Gasteiger partial charge in [-0.25, -0.2) is 0 Å². The van der Waals surface area contributed by atoms with E-state index in [1.54, 1.807) is 19.2 Å². The topological polar surface area (TPSA) is 78.4 Å². The van der Waals surface area contributed by atoms with Crippen LogP contribution < -0.4 is 4.74 Å². The Kier molecular flexibility index (Phi) is 3.01. The third kappa shape index (κ3) is 2.21. The van der Waals surface area contributed by atoms with Gasteiger partial charge in [0.1, 0.15) is 17.2 Å². The number of hydrogen-bond donors (Lipinski definition) is 3. The van der Waals surface area contributed by atoms with Crippen molar-refractivity contribution in [3.63, 3.8) is 0 Å². The standard InChI is InChI=1S/C18H16N2O3/c1-10-6-13(16(22)8-15(10)21)18-14(9-19-20-18)11-2-3-17-12(7-11)4-5-23-17/h2-3,6-9,21-22H,4-5H2,1H3,(H,19,20). The molecule has 23 heavy (non-hydrogen) atoms. The highest BCUT2D eigenvalue weighted by atomic mass is 16.5. The summed E-state index contributed by atoms with van der Waals surface area (Å²) >= 11 is 0. The minimum Gasteiger partial charge on any atom is -0.508 e. The Morgan fingerprint density at radius 1 is 1.09 bits per heavy atom. The molecule has 2 heterocycles. The van der Waals surface area contributed by atoms with Crippen LogP contribution in [0.15, 0.2) is 36.5 Å². The van der Waals surface area contributed by atoms with Crippen molar-refractivity contribution in [2.75, 3.05) is 6.61 Å².